The molecule has 1 aromatic heterocycles. The minimum atomic E-state index is -1.41. The zero-order valence-electron chi connectivity index (χ0n) is 14.9. The molecule has 1 saturated carbocycles. The number of rotatable bonds is 3. The number of fused-ring (bicyclic) bond motifs is 2. The molecular weight excluding hydrogens is 372 g/mol. The number of aromatic carboxylic acids is 1. The van der Waals surface area contributed by atoms with Crippen LogP contribution in [0.15, 0.2) is 23.1 Å². The zero-order chi connectivity index (χ0) is 19.6. The van der Waals surface area contributed by atoms with Gasteiger partial charge in [-0.25, -0.2) is 13.6 Å². The molecule has 0 bridgehead atoms. The number of carbonyl (C=O) groups is 1. The van der Waals surface area contributed by atoms with E-state index in [1.807, 2.05) is 4.90 Å². The van der Waals surface area contributed by atoms with E-state index in [1.165, 1.54) is 16.8 Å². The number of carboxylic acid groups (broad SMARTS) is 1. The van der Waals surface area contributed by atoms with E-state index in [2.05, 4.69) is 5.32 Å². The monoisotopic (exact) mass is 391 g/mol. The number of pyridine rings is 1. The van der Waals surface area contributed by atoms with E-state index in [9.17, 15) is 23.5 Å². The van der Waals surface area contributed by atoms with Crippen molar-refractivity contribution in [1.29, 1.82) is 0 Å². The number of nitrogens with zero attached hydrogens (tertiary/aromatic N) is 2. The van der Waals surface area contributed by atoms with Gasteiger partial charge < -0.3 is 24.6 Å². The van der Waals surface area contributed by atoms with Crippen molar-refractivity contribution in [2.45, 2.75) is 30.8 Å². The fraction of sp³-hybridized carbons (Fsp3) is 0.474. The molecule has 2 unspecified atom stereocenters. The SMILES string of the molecule is O=C(O)c1cn(C2CC2F)c2cc(N3C[C@@H]4NCCO[C@@H]4C3)c(F)cc2c1=O. The summed E-state index contributed by atoms with van der Waals surface area (Å²) >= 11 is 0. The highest BCUT2D eigenvalue weighted by molar-refractivity contribution is 5.93. The average molecular weight is 391 g/mol. The van der Waals surface area contributed by atoms with Gasteiger partial charge in [-0.1, -0.05) is 0 Å². The van der Waals surface area contributed by atoms with Crippen LogP contribution in [0, 0.1) is 5.82 Å². The first-order chi connectivity index (χ1) is 13.4. The standard InChI is InChI=1S/C19H19F2N3O4/c20-11-3-9-14(5-15(11)23-7-13-17(8-23)28-2-1-22-13)24(16-4-12(16)21)6-10(18(9)25)19(26)27/h3,5-6,12-13,16-17,22H,1-2,4,7-8H2,(H,26,27)/t12?,13-,16?,17+/m0/s1. The Morgan fingerprint density at radius 3 is 2.79 bits per heavy atom. The van der Waals surface area contributed by atoms with Crippen molar-refractivity contribution < 1.29 is 23.4 Å². The lowest BCUT2D eigenvalue weighted by Gasteiger charge is -2.25. The first kappa shape index (κ1) is 17.6. The molecule has 3 heterocycles. The van der Waals surface area contributed by atoms with E-state index in [0.717, 1.165) is 12.6 Å². The molecule has 4 atom stereocenters. The second-order valence-electron chi connectivity index (χ2n) is 7.60. The Morgan fingerprint density at radius 1 is 1.32 bits per heavy atom. The lowest BCUT2D eigenvalue weighted by molar-refractivity contribution is 0.0212. The van der Waals surface area contributed by atoms with Gasteiger partial charge in [0.2, 0.25) is 5.43 Å². The topological polar surface area (TPSA) is 83.8 Å². The molecule has 1 aromatic carbocycles. The van der Waals surface area contributed by atoms with Crippen molar-refractivity contribution in [3.05, 3.63) is 39.9 Å². The van der Waals surface area contributed by atoms with Gasteiger partial charge in [0, 0.05) is 37.6 Å². The molecule has 0 spiro atoms. The normalized spacial score (nSPS) is 29.1. The fourth-order valence-corrected chi connectivity index (χ4v) is 4.26. The predicted molar refractivity (Wildman–Crippen MR) is 97.4 cm³/mol. The number of hydrogen-bond acceptors (Lipinski definition) is 5. The summed E-state index contributed by atoms with van der Waals surface area (Å²) in [5.74, 6) is -2.02. The van der Waals surface area contributed by atoms with Crippen LogP contribution in [0.1, 0.15) is 22.8 Å². The molecular formula is C19H19F2N3O4. The Morgan fingerprint density at radius 2 is 2.11 bits per heavy atom. The van der Waals surface area contributed by atoms with E-state index in [0.29, 0.717) is 30.9 Å². The van der Waals surface area contributed by atoms with Crippen molar-refractivity contribution >= 4 is 22.6 Å². The quantitative estimate of drug-likeness (QED) is 0.821. The lowest BCUT2D eigenvalue weighted by Crippen LogP contribution is -2.47. The van der Waals surface area contributed by atoms with Crippen molar-refractivity contribution in [1.82, 2.24) is 9.88 Å². The summed E-state index contributed by atoms with van der Waals surface area (Å²) in [6.07, 6.45) is 0.273. The maximum absolute atomic E-state index is 14.9. The second kappa shape index (κ2) is 6.25. The molecule has 2 N–H and O–H groups in total. The third-order valence-corrected chi connectivity index (χ3v) is 5.82. The summed E-state index contributed by atoms with van der Waals surface area (Å²) in [5, 5.41) is 12.6. The van der Waals surface area contributed by atoms with Gasteiger partial charge in [-0.2, -0.15) is 0 Å². The Hall–Kier alpha value is -2.52. The van der Waals surface area contributed by atoms with Crippen molar-refractivity contribution in [3.63, 3.8) is 0 Å². The largest absolute Gasteiger partial charge is 0.477 e. The highest BCUT2D eigenvalue weighted by atomic mass is 19.1. The summed E-state index contributed by atoms with van der Waals surface area (Å²) in [7, 11) is 0. The Labute approximate surface area is 158 Å². The summed E-state index contributed by atoms with van der Waals surface area (Å²) < 4.78 is 35.9. The van der Waals surface area contributed by atoms with E-state index >= 15 is 0 Å². The lowest BCUT2D eigenvalue weighted by atomic mass is 10.1. The van der Waals surface area contributed by atoms with Gasteiger partial charge in [0.05, 0.1) is 36.0 Å². The molecule has 3 aliphatic rings. The first-order valence-corrected chi connectivity index (χ1v) is 9.29. The summed E-state index contributed by atoms with van der Waals surface area (Å²) in [4.78, 5) is 25.8. The number of anilines is 1. The minimum absolute atomic E-state index is 0.0425. The number of ether oxygens (including phenoxy) is 1. The number of hydrogen-bond donors (Lipinski definition) is 2. The maximum Gasteiger partial charge on any atom is 0.341 e. The van der Waals surface area contributed by atoms with Crippen LogP contribution < -0.4 is 15.6 Å². The van der Waals surface area contributed by atoms with Crippen LogP contribution in [0.3, 0.4) is 0 Å². The van der Waals surface area contributed by atoms with Crippen LogP contribution in [-0.2, 0) is 4.74 Å². The van der Waals surface area contributed by atoms with Crippen LogP contribution in [0.2, 0.25) is 0 Å². The number of alkyl halides is 1. The van der Waals surface area contributed by atoms with Crippen LogP contribution in [0.4, 0.5) is 14.5 Å². The number of carboxylic acids is 1. The molecule has 0 amide bonds. The molecule has 2 aromatic rings. The zero-order valence-corrected chi connectivity index (χ0v) is 14.9. The van der Waals surface area contributed by atoms with Gasteiger partial charge in [-0.15, -0.1) is 0 Å². The van der Waals surface area contributed by atoms with E-state index in [4.69, 9.17) is 4.74 Å². The number of nitrogens with one attached hydrogen (secondary N) is 1. The minimum Gasteiger partial charge on any atom is -0.477 e. The van der Waals surface area contributed by atoms with Gasteiger partial charge >= 0.3 is 5.97 Å². The first-order valence-electron chi connectivity index (χ1n) is 9.29. The fourth-order valence-electron chi connectivity index (χ4n) is 4.26. The summed E-state index contributed by atoms with van der Waals surface area (Å²) in [6.45, 7) is 2.41. The van der Waals surface area contributed by atoms with Gasteiger partial charge in [-0.05, 0) is 12.1 Å². The Bertz CT molecular complexity index is 1030. The highest BCUT2D eigenvalue weighted by Crippen LogP contribution is 2.41. The molecule has 9 heteroatoms. The smallest absolute Gasteiger partial charge is 0.341 e. The molecule has 0 radical (unpaired) electrons. The molecule has 28 heavy (non-hydrogen) atoms. The second-order valence-corrected chi connectivity index (χ2v) is 7.60. The van der Waals surface area contributed by atoms with Crippen LogP contribution in [0.25, 0.3) is 10.9 Å². The Kier molecular flexibility index (Phi) is 3.92. The molecule has 3 fully saturated rings. The number of aromatic nitrogens is 1. The molecule has 1 aliphatic carbocycles. The number of morpholine rings is 1. The predicted octanol–water partition coefficient (Wildman–Crippen LogP) is 1.30. The van der Waals surface area contributed by atoms with Crippen molar-refractivity contribution in [2.24, 2.45) is 0 Å². The summed E-state index contributed by atoms with van der Waals surface area (Å²) in [6, 6.07) is 2.16. The van der Waals surface area contributed by atoms with Gasteiger partial charge in [0.25, 0.3) is 0 Å². The van der Waals surface area contributed by atoms with Gasteiger partial charge in [-0.3, -0.25) is 4.79 Å². The van der Waals surface area contributed by atoms with E-state index in [1.54, 1.807) is 0 Å². The highest BCUT2D eigenvalue weighted by Gasteiger charge is 2.41. The molecule has 148 valence electrons. The van der Waals surface area contributed by atoms with Crippen molar-refractivity contribution in [3.8, 4) is 0 Å². The van der Waals surface area contributed by atoms with Crippen LogP contribution in [0.5, 0.6) is 0 Å². The van der Waals surface area contributed by atoms with E-state index in [-0.39, 0.29) is 24.0 Å². The van der Waals surface area contributed by atoms with Crippen LogP contribution >= 0.6 is 0 Å². The third kappa shape index (κ3) is 2.68. The van der Waals surface area contributed by atoms with Gasteiger partial charge in [0.1, 0.15) is 17.6 Å². The Balaban J connectivity index is 1.64. The van der Waals surface area contributed by atoms with Gasteiger partial charge in [0.15, 0.2) is 0 Å². The molecule has 2 aliphatic heterocycles. The van der Waals surface area contributed by atoms with Crippen molar-refractivity contribution in [2.75, 3.05) is 31.1 Å². The maximum atomic E-state index is 14.9. The third-order valence-electron chi connectivity index (χ3n) is 5.82. The number of halogens is 2. The molecule has 2 saturated heterocycles. The average Bonchev–Trinajstić information content (AvgIpc) is 3.23. The summed E-state index contributed by atoms with van der Waals surface area (Å²) in [5.41, 5.74) is -0.594. The number of benzene rings is 1. The van der Waals surface area contributed by atoms with Crippen LogP contribution in [-0.4, -0.2) is 60.2 Å². The molecule has 7 nitrogen and oxygen atoms in total. The molecule has 5 rings (SSSR count). The van der Waals surface area contributed by atoms with E-state index < -0.39 is 35.0 Å².